The second-order valence-corrected chi connectivity index (χ2v) is 6.86. The summed E-state index contributed by atoms with van der Waals surface area (Å²) in [4.78, 5) is 11.3. The van der Waals surface area contributed by atoms with Gasteiger partial charge in [0.15, 0.2) is 0 Å². The molecule has 0 aromatic heterocycles. The average Bonchev–Trinajstić information content (AvgIpc) is 2.36. The predicted octanol–water partition coefficient (Wildman–Crippen LogP) is 6.34. The zero-order chi connectivity index (χ0) is 14.7. The molecule has 0 N–H and O–H groups in total. The Kier molecular flexibility index (Phi) is 10.7. The highest BCUT2D eigenvalue weighted by Gasteiger charge is 2.31. The van der Waals surface area contributed by atoms with Crippen LogP contribution in [0.15, 0.2) is 0 Å². The quantitative estimate of drug-likeness (QED) is 0.303. The standard InChI is InChI=1S/C17H33ClO/c1-5-6-7-8-9-10-11-12-13-14-15(2)17(3,4)16(18)19/h15H,5-14H2,1-4H3. The van der Waals surface area contributed by atoms with E-state index >= 15 is 0 Å². The summed E-state index contributed by atoms with van der Waals surface area (Å²) in [5, 5.41) is -0.198. The lowest BCUT2D eigenvalue weighted by atomic mass is 9.78. The molecule has 19 heavy (non-hydrogen) atoms. The van der Waals surface area contributed by atoms with Gasteiger partial charge in [-0.1, -0.05) is 85.5 Å². The van der Waals surface area contributed by atoms with Crippen molar-refractivity contribution >= 4 is 16.8 Å². The van der Waals surface area contributed by atoms with E-state index in [1.807, 2.05) is 13.8 Å². The molecule has 0 aliphatic rings. The largest absolute Gasteiger partial charge is 0.281 e. The van der Waals surface area contributed by atoms with Crippen LogP contribution in [0.4, 0.5) is 0 Å². The highest BCUT2D eigenvalue weighted by atomic mass is 35.5. The molecule has 0 aromatic rings. The van der Waals surface area contributed by atoms with Crippen LogP contribution in [0.25, 0.3) is 0 Å². The van der Waals surface area contributed by atoms with Crippen LogP contribution < -0.4 is 0 Å². The van der Waals surface area contributed by atoms with E-state index in [0.717, 1.165) is 6.42 Å². The molecule has 114 valence electrons. The molecule has 0 fully saturated rings. The van der Waals surface area contributed by atoms with Crippen LogP contribution in [0.3, 0.4) is 0 Å². The summed E-state index contributed by atoms with van der Waals surface area (Å²) in [5.41, 5.74) is -0.373. The van der Waals surface area contributed by atoms with Crippen LogP contribution in [-0.4, -0.2) is 5.24 Å². The van der Waals surface area contributed by atoms with Crippen LogP contribution >= 0.6 is 11.6 Å². The van der Waals surface area contributed by atoms with Gasteiger partial charge in [-0.15, -0.1) is 0 Å². The fraction of sp³-hybridized carbons (Fsp3) is 0.941. The van der Waals surface area contributed by atoms with Crippen LogP contribution in [0, 0.1) is 11.3 Å². The third-order valence-corrected chi connectivity index (χ3v) is 4.97. The van der Waals surface area contributed by atoms with Gasteiger partial charge in [0.1, 0.15) is 0 Å². The second-order valence-electron chi connectivity index (χ2n) is 6.51. The summed E-state index contributed by atoms with van der Waals surface area (Å²) >= 11 is 5.65. The molecular weight excluding hydrogens is 256 g/mol. The number of carbonyl (C=O) groups excluding carboxylic acids is 1. The molecule has 0 aliphatic carbocycles. The molecule has 0 aliphatic heterocycles. The maximum atomic E-state index is 11.3. The molecule has 1 nitrogen and oxygen atoms in total. The monoisotopic (exact) mass is 288 g/mol. The van der Waals surface area contributed by atoms with E-state index in [4.69, 9.17) is 11.6 Å². The van der Waals surface area contributed by atoms with Crippen molar-refractivity contribution in [3.63, 3.8) is 0 Å². The molecule has 0 saturated heterocycles. The number of carbonyl (C=O) groups is 1. The van der Waals surface area contributed by atoms with Gasteiger partial charge in [-0.05, 0) is 23.9 Å². The van der Waals surface area contributed by atoms with Gasteiger partial charge in [0.2, 0.25) is 5.24 Å². The second kappa shape index (κ2) is 10.7. The first-order valence-corrected chi connectivity index (χ1v) is 8.50. The normalized spacial score (nSPS) is 13.5. The minimum Gasteiger partial charge on any atom is -0.281 e. The summed E-state index contributed by atoms with van der Waals surface area (Å²) in [6.07, 6.45) is 13.3. The van der Waals surface area contributed by atoms with Gasteiger partial charge in [-0.3, -0.25) is 4.79 Å². The van der Waals surface area contributed by atoms with Crippen LogP contribution in [-0.2, 0) is 4.79 Å². The van der Waals surface area contributed by atoms with Crippen molar-refractivity contribution in [3.05, 3.63) is 0 Å². The van der Waals surface area contributed by atoms with Crippen LogP contribution in [0.5, 0.6) is 0 Å². The molecule has 1 atom stereocenters. The van der Waals surface area contributed by atoms with Crippen LogP contribution in [0.2, 0.25) is 0 Å². The number of halogens is 1. The Balaban J connectivity index is 3.47. The van der Waals surface area contributed by atoms with Crippen molar-refractivity contribution in [1.29, 1.82) is 0 Å². The van der Waals surface area contributed by atoms with E-state index in [-0.39, 0.29) is 10.7 Å². The van der Waals surface area contributed by atoms with Gasteiger partial charge in [0, 0.05) is 5.41 Å². The van der Waals surface area contributed by atoms with E-state index in [1.54, 1.807) is 0 Å². The SMILES string of the molecule is CCCCCCCCCCCC(C)C(C)(C)C(=O)Cl. The maximum Gasteiger partial charge on any atom is 0.227 e. The van der Waals surface area contributed by atoms with Crippen LogP contribution in [0.1, 0.15) is 91.9 Å². The minimum atomic E-state index is -0.373. The molecule has 1 unspecified atom stereocenters. The Morgan fingerprint density at radius 2 is 1.37 bits per heavy atom. The van der Waals surface area contributed by atoms with Crippen molar-refractivity contribution in [2.75, 3.05) is 0 Å². The Bertz CT molecular complexity index is 235. The number of hydrogen-bond acceptors (Lipinski definition) is 1. The number of unbranched alkanes of at least 4 members (excludes halogenated alkanes) is 8. The van der Waals surface area contributed by atoms with Crippen molar-refractivity contribution in [2.45, 2.75) is 91.9 Å². The zero-order valence-electron chi connectivity index (χ0n) is 13.4. The first kappa shape index (κ1) is 19.0. The summed E-state index contributed by atoms with van der Waals surface area (Å²) in [5.74, 6) is 0.377. The Morgan fingerprint density at radius 1 is 0.947 bits per heavy atom. The number of hydrogen-bond donors (Lipinski definition) is 0. The third kappa shape index (κ3) is 8.68. The Hall–Kier alpha value is -0.0400. The van der Waals surface area contributed by atoms with Gasteiger partial charge < -0.3 is 0 Å². The lowest BCUT2D eigenvalue weighted by Crippen LogP contribution is -2.28. The molecule has 0 heterocycles. The smallest absolute Gasteiger partial charge is 0.227 e. The van der Waals surface area contributed by atoms with Gasteiger partial charge in [-0.2, -0.15) is 0 Å². The first-order valence-electron chi connectivity index (χ1n) is 8.12. The fourth-order valence-corrected chi connectivity index (χ4v) is 2.50. The van der Waals surface area contributed by atoms with E-state index in [1.165, 1.54) is 57.8 Å². The van der Waals surface area contributed by atoms with Gasteiger partial charge >= 0.3 is 0 Å². The maximum absolute atomic E-state index is 11.3. The third-order valence-electron chi connectivity index (χ3n) is 4.48. The van der Waals surface area contributed by atoms with Crippen molar-refractivity contribution < 1.29 is 4.79 Å². The first-order chi connectivity index (χ1) is 8.92. The van der Waals surface area contributed by atoms with E-state index in [9.17, 15) is 4.79 Å². The lowest BCUT2D eigenvalue weighted by Gasteiger charge is -2.27. The molecule has 0 rings (SSSR count). The molecule has 2 heteroatoms. The summed E-state index contributed by atoms with van der Waals surface area (Å²) in [6, 6.07) is 0. The summed E-state index contributed by atoms with van der Waals surface area (Å²) in [7, 11) is 0. The molecule has 0 radical (unpaired) electrons. The van der Waals surface area contributed by atoms with E-state index in [2.05, 4.69) is 13.8 Å². The topological polar surface area (TPSA) is 17.1 Å². The molecule has 0 bridgehead atoms. The Morgan fingerprint density at radius 3 is 1.79 bits per heavy atom. The van der Waals surface area contributed by atoms with Crippen molar-refractivity contribution in [2.24, 2.45) is 11.3 Å². The molecule has 0 amide bonds. The highest BCUT2D eigenvalue weighted by Crippen LogP contribution is 2.33. The average molecular weight is 289 g/mol. The van der Waals surface area contributed by atoms with Crippen molar-refractivity contribution in [1.82, 2.24) is 0 Å². The van der Waals surface area contributed by atoms with Gasteiger partial charge in [-0.25, -0.2) is 0 Å². The molecule has 0 aromatic carbocycles. The van der Waals surface area contributed by atoms with Crippen molar-refractivity contribution in [3.8, 4) is 0 Å². The predicted molar refractivity (Wildman–Crippen MR) is 85.6 cm³/mol. The van der Waals surface area contributed by atoms with E-state index < -0.39 is 0 Å². The fourth-order valence-electron chi connectivity index (χ4n) is 2.32. The molecular formula is C17H33ClO. The summed E-state index contributed by atoms with van der Waals surface area (Å²) < 4.78 is 0. The molecule has 0 spiro atoms. The number of rotatable bonds is 12. The zero-order valence-corrected chi connectivity index (χ0v) is 14.2. The minimum absolute atomic E-state index is 0.198. The Labute approximate surface area is 125 Å². The lowest BCUT2D eigenvalue weighted by molar-refractivity contribution is -0.121. The van der Waals surface area contributed by atoms with Gasteiger partial charge in [0.05, 0.1) is 0 Å². The van der Waals surface area contributed by atoms with Gasteiger partial charge in [0.25, 0.3) is 0 Å². The summed E-state index contributed by atoms with van der Waals surface area (Å²) in [6.45, 7) is 8.32. The van der Waals surface area contributed by atoms with E-state index in [0.29, 0.717) is 5.92 Å². The molecule has 0 saturated carbocycles. The highest BCUT2D eigenvalue weighted by molar-refractivity contribution is 6.64.